The fourth-order valence-electron chi connectivity index (χ4n) is 3.88. The maximum atomic E-state index is 13.3. The van der Waals surface area contributed by atoms with Crippen LogP contribution in [0, 0.1) is 13.8 Å². The molecule has 1 atom stereocenters. The van der Waals surface area contributed by atoms with E-state index in [1.165, 1.54) is 0 Å². The fraction of sp³-hybridized carbons (Fsp3) is 0.375. The first-order chi connectivity index (χ1) is 14.8. The number of hydrogen-bond acceptors (Lipinski definition) is 3. The fourth-order valence-corrected chi connectivity index (χ4v) is 3.88. The van der Waals surface area contributed by atoms with E-state index < -0.39 is 0 Å². The van der Waals surface area contributed by atoms with Gasteiger partial charge in [0.25, 0.3) is 11.8 Å². The lowest BCUT2D eigenvalue weighted by atomic mass is 10.0. The third-order valence-corrected chi connectivity index (χ3v) is 5.84. The number of aromatic nitrogens is 3. The number of hydrogen-bond donors (Lipinski definition) is 1. The lowest BCUT2D eigenvalue weighted by molar-refractivity contribution is 0.0721. The zero-order valence-corrected chi connectivity index (χ0v) is 18.9. The Morgan fingerprint density at radius 3 is 2.39 bits per heavy atom. The first kappa shape index (κ1) is 22.3. The number of likely N-dealkylation sites (N-methyl/N-ethyl adjacent to an activating group) is 1. The summed E-state index contributed by atoms with van der Waals surface area (Å²) in [5.41, 5.74) is 4.00. The van der Waals surface area contributed by atoms with Crippen LogP contribution in [-0.4, -0.2) is 50.7 Å². The number of carbonyl (C=O) groups excluding carboxylic acids is 2. The van der Waals surface area contributed by atoms with E-state index in [9.17, 15) is 9.59 Å². The zero-order valence-electron chi connectivity index (χ0n) is 18.9. The van der Waals surface area contributed by atoms with Crippen molar-refractivity contribution < 1.29 is 9.59 Å². The molecule has 0 saturated heterocycles. The highest BCUT2D eigenvalue weighted by atomic mass is 16.2. The van der Waals surface area contributed by atoms with Gasteiger partial charge in [-0.25, -0.2) is 0 Å². The third kappa shape index (κ3) is 5.05. The van der Waals surface area contributed by atoms with Gasteiger partial charge in [-0.1, -0.05) is 30.3 Å². The topological polar surface area (TPSA) is 72.2 Å². The van der Waals surface area contributed by atoms with Gasteiger partial charge >= 0.3 is 0 Å². The lowest BCUT2D eigenvalue weighted by Gasteiger charge is -2.29. The summed E-state index contributed by atoms with van der Waals surface area (Å²) in [5.74, 6) is -0.156. The van der Waals surface area contributed by atoms with Crippen LogP contribution in [0.25, 0.3) is 0 Å². The van der Waals surface area contributed by atoms with Crippen LogP contribution in [0.3, 0.4) is 0 Å². The quantitative estimate of drug-likeness (QED) is 0.608. The summed E-state index contributed by atoms with van der Waals surface area (Å²) in [5, 5.41) is 7.38. The molecule has 0 bridgehead atoms. The van der Waals surface area contributed by atoms with E-state index in [0.29, 0.717) is 30.6 Å². The van der Waals surface area contributed by atoms with Crippen molar-refractivity contribution in [3.05, 3.63) is 76.9 Å². The molecule has 0 fully saturated rings. The van der Waals surface area contributed by atoms with Gasteiger partial charge in [-0.3, -0.25) is 14.3 Å². The number of benzene rings is 1. The molecule has 7 nitrogen and oxygen atoms in total. The summed E-state index contributed by atoms with van der Waals surface area (Å²) < 4.78 is 3.53. The minimum absolute atomic E-state index is 0.0437. The van der Waals surface area contributed by atoms with Crippen molar-refractivity contribution in [3.8, 4) is 0 Å². The van der Waals surface area contributed by atoms with E-state index in [0.717, 1.165) is 17.0 Å². The largest absolute Gasteiger partial charge is 0.351 e. The average Bonchev–Trinajstić information content (AvgIpc) is 3.29. The Bertz CT molecular complexity index is 1050. The molecule has 0 spiro atoms. The minimum atomic E-state index is -0.112. The van der Waals surface area contributed by atoms with Gasteiger partial charge in [-0.15, -0.1) is 0 Å². The van der Waals surface area contributed by atoms with Crippen molar-refractivity contribution in [2.75, 3.05) is 13.6 Å². The number of carbonyl (C=O) groups is 2. The highest BCUT2D eigenvalue weighted by molar-refractivity contribution is 5.96. The second kappa shape index (κ2) is 9.64. The molecule has 1 N–H and O–H groups in total. The second-order valence-electron chi connectivity index (χ2n) is 7.98. The van der Waals surface area contributed by atoms with Crippen molar-refractivity contribution in [2.45, 2.75) is 32.7 Å². The molecule has 31 heavy (non-hydrogen) atoms. The monoisotopic (exact) mass is 421 g/mol. The van der Waals surface area contributed by atoms with E-state index in [1.807, 2.05) is 65.5 Å². The van der Waals surface area contributed by atoms with Gasteiger partial charge in [-0.2, -0.15) is 5.10 Å². The Morgan fingerprint density at radius 1 is 1.10 bits per heavy atom. The molecule has 0 aliphatic carbocycles. The van der Waals surface area contributed by atoms with Crippen LogP contribution in [0.1, 0.15) is 44.2 Å². The van der Waals surface area contributed by atoms with Crippen LogP contribution in [0.4, 0.5) is 0 Å². The smallest absolute Gasteiger partial charge is 0.267 e. The summed E-state index contributed by atoms with van der Waals surface area (Å²) in [6.07, 6.45) is 3.20. The van der Waals surface area contributed by atoms with Crippen LogP contribution in [0.2, 0.25) is 0 Å². The Kier molecular flexibility index (Phi) is 6.95. The number of nitrogens with zero attached hydrogens (tertiary/aromatic N) is 4. The molecule has 0 aliphatic rings. The Hall–Kier alpha value is -3.35. The molecular weight excluding hydrogens is 390 g/mol. The summed E-state index contributed by atoms with van der Waals surface area (Å²) in [6.45, 7) is 4.25. The minimum Gasteiger partial charge on any atom is -0.351 e. The maximum Gasteiger partial charge on any atom is 0.267 e. The third-order valence-electron chi connectivity index (χ3n) is 5.84. The van der Waals surface area contributed by atoms with Gasteiger partial charge in [0, 0.05) is 45.6 Å². The Morgan fingerprint density at radius 2 is 1.81 bits per heavy atom. The summed E-state index contributed by atoms with van der Waals surface area (Å²) in [7, 11) is 5.53. The SMILES string of the molecule is Cc1nn(C)c(C)c1C(=O)N(C)C(CCNC(=O)c1cccn1C)Cc1ccccc1. The molecule has 164 valence electrons. The van der Waals surface area contributed by atoms with Crippen LogP contribution in [0.5, 0.6) is 0 Å². The van der Waals surface area contributed by atoms with Crippen molar-refractivity contribution in [1.82, 2.24) is 24.6 Å². The number of rotatable bonds is 8. The lowest BCUT2D eigenvalue weighted by Crippen LogP contribution is -2.41. The molecule has 7 heteroatoms. The van der Waals surface area contributed by atoms with E-state index in [4.69, 9.17) is 0 Å². The highest BCUT2D eigenvalue weighted by Gasteiger charge is 2.26. The normalized spacial score (nSPS) is 11.9. The molecule has 1 aromatic carbocycles. The summed E-state index contributed by atoms with van der Waals surface area (Å²) >= 11 is 0. The van der Waals surface area contributed by atoms with Crippen LogP contribution >= 0.6 is 0 Å². The number of aryl methyl sites for hydroxylation is 3. The van der Waals surface area contributed by atoms with E-state index in [1.54, 1.807) is 20.2 Å². The molecule has 1 unspecified atom stereocenters. The first-order valence-corrected chi connectivity index (χ1v) is 10.5. The molecule has 2 heterocycles. The predicted molar refractivity (Wildman–Crippen MR) is 121 cm³/mol. The standard InChI is InChI=1S/C24H31N5O2/c1-17-22(18(2)29(5)26-17)24(31)28(4)20(16-19-10-7-6-8-11-19)13-14-25-23(30)21-12-9-15-27(21)3/h6-12,15,20H,13-14,16H2,1-5H3,(H,25,30). The van der Waals surface area contributed by atoms with Crippen LogP contribution in [-0.2, 0) is 20.5 Å². The summed E-state index contributed by atoms with van der Waals surface area (Å²) in [4.78, 5) is 27.6. The predicted octanol–water partition coefficient (Wildman–Crippen LogP) is 2.88. The zero-order chi connectivity index (χ0) is 22.5. The molecule has 3 aromatic rings. The van der Waals surface area contributed by atoms with E-state index in [2.05, 4.69) is 22.5 Å². The summed E-state index contributed by atoms with van der Waals surface area (Å²) in [6, 6.07) is 13.7. The molecule has 0 radical (unpaired) electrons. The second-order valence-corrected chi connectivity index (χ2v) is 7.98. The molecule has 0 saturated carbocycles. The maximum absolute atomic E-state index is 13.3. The van der Waals surface area contributed by atoms with Gasteiger partial charge < -0.3 is 14.8 Å². The Labute approximate surface area is 183 Å². The first-order valence-electron chi connectivity index (χ1n) is 10.5. The van der Waals surface area contributed by atoms with Crippen LogP contribution in [0.15, 0.2) is 48.7 Å². The van der Waals surface area contributed by atoms with Gasteiger partial charge in [0.2, 0.25) is 0 Å². The van der Waals surface area contributed by atoms with Crippen molar-refractivity contribution >= 4 is 11.8 Å². The van der Waals surface area contributed by atoms with Gasteiger partial charge in [0.05, 0.1) is 11.3 Å². The molecule has 0 aliphatic heterocycles. The van der Waals surface area contributed by atoms with Crippen LogP contribution < -0.4 is 5.32 Å². The number of nitrogens with one attached hydrogen (secondary N) is 1. The van der Waals surface area contributed by atoms with Crippen molar-refractivity contribution in [3.63, 3.8) is 0 Å². The number of amides is 2. The van der Waals surface area contributed by atoms with Crippen molar-refractivity contribution in [2.24, 2.45) is 14.1 Å². The average molecular weight is 422 g/mol. The molecule has 3 rings (SSSR count). The molecular formula is C24H31N5O2. The molecule has 2 amide bonds. The Balaban J connectivity index is 1.74. The van der Waals surface area contributed by atoms with Crippen molar-refractivity contribution in [1.29, 1.82) is 0 Å². The van der Waals surface area contributed by atoms with E-state index >= 15 is 0 Å². The highest BCUT2D eigenvalue weighted by Crippen LogP contribution is 2.18. The van der Waals surface area contributed by atoms with Gasteiger partial charge in [0.1, 0.15) is 5.69 Å². The molecule has 2 aromatic heterocycles. The van der Waals surface area contributed by atoms with Gasteiger partial charge in [0.15, 0.2) is 0 Å². The van der Waals surface area contributed by atoms with E-state index in [-0.39, 0.29) is 17.9 Å². The van der Waals surface area contributed by atoms with Gasteiger partial charge in [-0.05, 0) is 44.4 Å².